The van der Waals surface area contributed by atoms with E-state index in [1.54, 1.807) is 6.07 Å². The maximum atomic E-state index is 14.2. The number of nitrogens with two attached hydrogens (primary N) is 1. The van der Waals surface area contributed by atoms with E-state index < -0.39 is 6.30 Å². The van der Waals surface area contributed by atoms with Gasteiger partial charge in [0.2, 0.25) is 12.2 Å². The molecule has 0 aromatic carbocycles. The molecule has 98 valence electrons. The smallest absolute Gasteiger partial charge is 0.233 e. The van der Waals surface area contributed by atoms with Crippen molar-refractivity contribution in [2.24, 2.45) is 0 Å². The minimum absolute atomic E-state index is 0.101. The second-order valence-electron chi connectivity index (χ2n) is 3.82. The molecule has 3 heterocycles. The summed E-state index contributed by atoms with van der Waals surface area (Å²) in [5, 5.41) is 7.86. The van der Waals surface area contributed by atoms with E-state index in [-0.39, 0.29) is 17.4 Å². The lowest BCUT2D eigenvalue weighted by Crippen LogP contribution is -2.08. The van der Waals surface area contributed by atoms with Crippen LogP contribution in [0, 0.1) is 0 Å². The third-order valence-corrected chi connectivity index (χ3v) is 2.66. The number of nitrogen functional groups attached to an aromatic ring is 1. The van der Waals surface area contributed by atoms with Crippen LogP contribution in [0.2, 0.25) is 0 Å². The Labute approximate surface area is 106 Å². The van der Waals surface area contributed by atoms with E-state index in [0.717, 1.165) is 4.68 Å². The summed E-state index contributed by atoms with van der Waals surface area (Å²) in [6.07, 6.45) is 1.44. The van der Waals surface area contributed by atoms with Gasteiger partial charge in [0.15, 0.2) is 11.4 Å². The standard InChI is InChI=1S/C11H10FN5O2/c1-18-11-8-7(19-16-10(8)13)5-6(15-11)9(12)17-4-2-3-14-17/h2-5,9H,1H3,(H2,13,16). The molecule has 0 saturated heterocycles. The normalized spacial score (nSPS) is 12.7. The van der Waals surface area contributed by atoms with Crippen molar-refractivity contribution in [2.75, 3.05) is 12.8 Å². The summed E-state index contributed by atoms with van der Waals surface area (Å²) in [5.74, 6) is 0.321. The van der Waals surface area contributed by atoms with Gasteiger partial charge in [0.1, 0.15) is 11.1 Å². The Morgan fingerprint density at radius 1 is 1.53 bits per heavy atom. The molecular weight excluding hydrogens is 253 g/mol. The first-order valence-electron chi connectivity index (χ1n) is 5.43. The summed E-state index contributed by atoms with van der Waals surface area (Å²) >= 11 is 0. The van der Waals surface area contributed by atoms with E-state index in [0.29, 0.717) is 11.0 Å². The van der Waals surface area contributed by atoms with Gasteiger partial charge in [-0.25, -0.2) is 14.1 Å². The van der Waals surface area contributed by atoms with Crippen LogP contribution in [0.3, 0.4) is 0 Å². The molecule has 2 N–H and O–H groups in total. The molecule has 3 aromatic heterocycles. The van der Waals surface area contributed by atoms with Crippen LogP contribution in [0.15, 0.2) is 29.0 Å². The molecule has 0 radical (unpaired) electrons. The average molecular weight is 263 g/mol. The molecule has 0 bridgehead atoms. The monoisotopic (exact) mass is 263 g/mol. The number of pyridine rings is 1. The molecule has 7 nitrogen and oxygen atoms in total. The lowest BCUT2D eigenvalue weighted by molar-refractivity contribution is 0.262. The number of rotatable bonds is 3. The third kappa shape index (κ3) is 1.77. The molecule has 1 atom stereocenters. The first kappa shape index (κ1) is 11.5. The molecule has 0 aliphatic heterocycles. The number of halogens is 1. The molecule has 0 aliphatic carbocycles. The fourth-order valence-corrected chi connectivity index (χ4v) is 1.79. The highest BCUT2D eigenvalue weighted by Crippen LogP contribution is 2.31. The molecular formula is C11H10FN5O2. The highest BCUT2D eigenvalue weighted by atomic mass is 19.1. The Bertz CT molecular complexity index is 709. The van der Waals surface area contributed by atoms with Gasteiger partial charge in [0.25, 0.3) is 0 Å². The van der Waals surface area contributed by atoms with E-state index in [4.69, 9.17) is 15.0 Å². The molecule has 0 saturated carbocycles. The SMILES string of the molecule is COc1nc(C(F)n2cccn2)cc2onc(N)c12. The molecule has 0 amide bonds. The van der Waals surface area contributed by atoms with Gasteiger partial charge in [0.05, 0.1) is 7.11 Å². The van der Waals surface area contributed by atoms with Crippen LogP contribution in [-0.2, 0) is 0 Å². The zero-order valence-electron chi connectivity index (χ0n) is 9.95. The van der Waals surface area contributed by atoms with Crippen molar-refractivity contribution in [1.82, 2.24) is 19.9 Å². The predicted octanol–water partition coefficient (Wildman–Crippen LogP) is 1.53. The van der Waals surface area contributed by atoms with Crippen molar-refractivity contribution in [2.45, 2.75) is 6.30 Å². The second kappa shape index (κ2) is 4.23. The Morgan fingerprint density at radius 3 is 3.05 bits per heavy atom. The van der Waals surface area contributed by atoms with Gasteiger partial charge >= 0.3 is 0 Å². The van der Waals surface area contributed by atoms with E-state index in [1.165, 1.54) is 25.6 Å². The lowest BCUT2D eigenvalue weighted by Gasteiger charge is -2.09. The van der Waals surface area contributed by atoms with Crippen molar-refractivity contribution < 1.29 is 13.7 Å². The van der Waals surface area contributed by atoms with E-state index >= 15 is 0 Å². The van der Waals surface area contributed by atoms with Crippen LogP contribution in [0.4, 0.5) is 10.2 Å². The molecule has 3 aromatic rings. The average Bonchev–Trinajstić information content (AvgIpc) is 3.07. The molecule has 0 spiro atoms. The Morgan fingerprint density at radius 2 is 2.37 bits per heavy atom. The van der Waals surface area contributed by atoms with Gasteiger partial charge in [0, 0.05) is 18.5 Å². The quantitative estimate of drug-likeness (QED) is 0.770. The predicted molar refractivity (Wildman–Crippen MR) is 64.2 cm³/mol. The molecule has 0 fully saturated rings. The molecule has 0 aliphatic rings. The summed E-state index contributed by atoms with van der Waals surface area (Å²) in [4.78, 5) is 4.07. The van der Waals surface area contributed by atoms with Crippen LogP contribution in [0.1, 0.15) is 12.0 Å². The summed E-state index contributed by atoms with van der Waals surface area (Å²) in [6, 6.07) is 3.04. The first-order valence-corrected chi connectivity index (χ1v) is 5.43. The topological polar surface area (TPSA) is 92.0 Å². The number of ether oxygens (including phenoxy) is 1. The number of aromatic nitrogens is 4. The summed E-state index contributed by atoms with van der Waals surface area (Å²) in [5.41, 5.74) is 6.05. The van der Waals surface area contributed by atoms with Gasteiger partial charge in [-0.05, 0) is 6.07 Å². The van der Waals surface area contributed by atoms with Crippen LogP contribution < -0.4 is 10.5 Å². The fraction of sp³-hybridized carbons (Fsp3) is 0.182. The van der Waals surface area contributed by atoms with Gasteiger partial charge in [-0.15, -0.1) is 0 Å². The Kier molecular flexibility index (Phi) is 2.55. The number of hydrogen-bond donors (Lipinski definition) is 1. The van der Waals surface area contributed by atoms with Crippen molar-refractivity contribution >= 4 is 16.8 Å². The largest absolute Gasteiger partial charge is 0.480 e. The van der Waals surface area contributed by atoms with Crippen molar-refractivity contribution in [3.8, 4) is 5.88 Å². The van der Waals surface area contributed by atoms with Crippen molar-refractivity contribution in [3.05, 3.63) is 30.2 Å². The van der Waals surface area contributed by atoms with Crippen LogP contribution in [0.5, 0.6) is 5.88 Å². The van der Waals surface area contributed by atoms with Crippen molar-refractivity contribution in [3.63, 3.8) is 0 Å². The maximum absolute atomic E-state index is 14.2. The second-order valence-corrected chi connectivity index (χ2v) is 3.82. The fourth-order valence-electron chi connectivity index (χ4n) is 1.79. The molecule has 19 heavy (non-hydrogen) atoms. The number of anilines is 1. The van der Waals surface area contributed by atoms with Crippen LogP contribution >= 0.6 is 0 Å². The third-order valence-electron chi connectivity index (χ3n) is 2.66. The number of alkyl halides is 1. The lowest BCUT2D eigenvalue weighted by atomic mass is 10.2. The maximum Gasteiger partial charge on any atom is 0.233 e. The Hall–Kier alpha value is -2.64. The molecule has 3 rings (SSSR count). The summed E-state index contributed by atoms with van der Waals surface area (Å²) in [7, 11) is 1.42. The van der Waals surface area contributed by atoms with Gasteiger partial charge < -0.3 is 15.0 Å². The van der Waals surface area contributed by atoms with Crippen LogP contribution in [-0.4, -0.2) is 27.0 Å². The van der Waals surface area contributed by atoms with Gasteiger partial charge in [-0.2, -0.15) is 5.10 Å². The highest BCUT2D eigenvalue weighted by Gasteiger charge is 2.20. The minimum atomic E-state index is -1.54. The highest BCUT2D eigenvalue weighted by molar-refractivity contribution is 5.91. The zero-order chi connectivity index (χ0) is 13.4. The number of methoxy groups -OCH3 is 1. The van der Waals surface area contributed by atoms with Crippen molar-refractivity contribution in [1.29, 1.82) is 0 Å². The van der Waals surface area contributed by atoms with E-state index in [1.807, 2.05) is 0 Å². The van der Waals surface area contributed by atoms with Gasteiger partial charge in [-0.3, -0.25) is 0 Å². The van der Waals surface area contributed by atoms with E-state index in [9.17, 15) is 4.39 Å². The number of fused-ring (bicyclic) bond motifs is 1. The molecule has 1 unspecified atom stereocenters. The first-order chi connectivity index (χ1) is 9.20. The number of hydrogen-bond acceptors (Lipinski definition) is 6. The number of nitrogens with zero attached hydrogens (tertiary/aromatic N) is 4. The summed E-state index contributed by atoms with van der Waals surface area (Å²) < 4.78 is 25.5. The van der Waals surface area contributed by atoms with E-state index in [2.05, 4.69) is 15.2 Å². The Balaban J connectivity index is 2.15. The zero-order valence-corrected chi connectivity index (χ0v) is 9.95. The van der Waals surface area contributed by atoms with Gasteiger partial charge in [-0.1, -0.05) is 5.16 Å². The minimum Gasteiger partial charge on any atom is -0.480 e. The summed E-state index contributed by atoms with van der Waals surface area (Å²) in [6.45, 7) is 0. The molecule has 8 heteroatoms. The van der Waals surface area contributed by atoms with Crippen LogP contribution in [0.25, 0.3) is 11.0 Å².